The van der Waals surface area contributed by atoms with Crippen molar-refractivity contribution in [1.82, 2.24) is 0 Å². The Kier molecular flexibility index (Phi) is 3.71. The Morgan fingerprint density at radius 2 is 1.94 bits per heavy atom. The average Bonchev–Trinajstić information content (AvgIpc) is 2.26. The lowest BCUT2D eigenvalue weighted by molar-refractivity contribution is -0.0492. The van der Waals surface area contributed by atoms with Gasteiger partial charge in [-0.15, -0.1) is 0 Å². The van der Waals surface area contributed by atoms with E-state index in [0.717, 1.165) is 11.2 Å². The molecule has 0 bridgehead atoms. The van der Waals surface area contributed by atoms with Gasteiger partial charge >= 0.3 is 0 Å². The number of fused-ring (bicyclic) bond motifs is 1. The molecule has 0 heterocycles. The maximum Gasteiger partial charge on any atom is 0.105 e. The molecule has 0 N–H and O–H groups in total. The minimum atomic E-state index is 0.693. The molecule has 0 radical (unpaired) electrons. The van der Waals surface area contributed by atoms with Crippen LogP contribution in [0.25, 0.3) is 0 Å². The first kappa shape index (κ1) is 12.5. The highest BCUT2D eigenvalue weighted by Crippen LogP contribution is 2.62. The zero-order chi connectivity index (χ0) is 11.6. The SMILES string of the molecule is BC1CCC2(CCCC)CCCCC2(C)C1. The third-order valence-electron chi connectivity index (χ3n) is 5.84. The van der Waals surface area contributed by atoms with Gasteiger partial charge in [0.25, 0.3) is 0 Å². The molecule has 0 amide bonds. The maximum atomic E-state index is 2.62. The van der Waals surface area contributed by atoms with Gasteiger partial charge in [-0.25, -0.2) is 0 Å². The Morgan fingerprint density at radius 1 is 1.19 bits per heavy atom. The van der Waals surface area contributed by atoms with Crippen molar-refractivity contribution in [2.24, 2.45) is 10.8 Å². The van der Waals surface area contributed by atoms with Crippen LogP contribution in [0, 0.1) is 10.8 Å². The fourth-order valence-electron chi connectivity index (χ4n) is 4.75. The van der Waals surface area contributed by atoms with Gasteiger partial charge in [0.15, 0.2) is 0 Å². The molecular weight excluding hydrogens is 191 g/mol. The van der Waals surface area contributed by atoms with Crippen molar-refractivity contribution >= 4 is 7.85 Å². The van der Waals surface area contributed by atoms with Crippen LogP contribution in [0.2, 0.25) is 5.82 Å². The molecule has 92 valence electrons. The maximum absolute atomic E-state index is 2.62. The molecule has 16 heavy (non-hydrogen) atoms. The van der Waals surface area contributed by atoms with Gasteiger partial charge in [0.05, 0.1) is 0 Å². The molecule has 2 aliphatic rings. The second kappa shape index (κ2) is 4.74. The average molecular weight is 220 g/mol. The second-order valence-electron chi connectivity index (χ2n) is 7.00. The van der Waals surface area contributed by atoms with Crippen LogP contribution in [0.4, 0.5) is 0 Å². The molecule has 0 spiro atoms. The third kappa shape index (κ3) is 2.07. The highest BCUT2D eigenvalue weighted by Gasteiger charge is 2.50. The Balaban J connectivity index is 2.15. The van der Waals surface area contributed by atoms with E-state index in [2.05, 4.69) is 21.7 Å². The van der Waals surface area contributed by atoms with E-state index in [1.807, 2.05) is 0 Å². The molecule has 2 fully saturated rings. The van der Waals surface area contributed by atoms with Crippen LogP contribution in [-0.2, 0) is 0 Å². The number of hydrogen-bond acceptors (Lipinski definition) is 0. The zero-order valence-corrected chi connectivity index (χ0v) is 11.6. The monoisotopic (exact) mass is 220 g/mol. The van der Waals surface area contributed by atoms with E-state index < -0.39 is 0 Å². The minimum absolute atomic E-state index is 0.693. The van der Waals surface area contributed by atoms with Gasteiger partial charge in [-0.2, -0.15) is 0 Å². The first-order chi connectivity index (χ1) is 7.62. The molecule has 3 atom stereocenters. The summed E-state index contributed by atoms with van der Waals surface area (Å²) < 4.78 is 0. The second-order valence-corrected chi connectivity index (χ2v) is 7.00. The van der Waals surface area contributed by atoms with Gasteiger partial charge in [-0.05, 0) is 36.5 Å². The van der Waals surface area contributed by atoms with Gasteiger partial charge in [0.1, 0.15) is 7.85 Å². The van der Waals surface area contributed by atoms with Crippen LogP contribution in [0.1, 0.15) is 78.1 Å². The largest absolute Gasteiger partial charge is 0.105 e. The standard InChI is InChI=1S/C15H29B/c1-3-4-9-15-10-6-5-8-14(15,2)12-13(16)7-11-15/h13H,3-12,16H2,1-2H3. The summed E-state index contributed by atoms with van der Waals surface area (Å²) in [5, 5.41) is 0. The van der Waals surface area contributed by atoms with E-state index in [0.29, 0.717) is 5.41 Å². The Bertz CT molecular complexity index is 234. The van der Waals surface area contributed by atoms with E-state index in [-0.39, 0.29) is 0 Å². The van der Waals surface area contributed by atoms with Crippen molar-refractivity contribution < 1.29 is 0 Å². The van der Waals surface area contributed by atoms with Crippen molar-refractivity contribution in [2.75, 3.05) is 0 Å². The Hall–Kier alpha value is 0.0649. The third-order valence-corrected chi connectivity index (χ3v) is 5.84. The van der Waals surface area contributed by atoms with Crippen LogP contribution in [0.15, 0.2) is 0 Å². The quantitative estimate of drug-likeness (QED) is 0.620. The molecule has 0 aromatic carbocycles. The normalized spacial score (nSPS) is 44.0. The summed E-state index contributed by atoms with van der Waals surface area (Å²) >= 11 is 0. The summed E-state index contributed by atoms with van der Waals surface area (Å²) in [6, 6.07) is 0. The number of hydrogen-bond donors (Lipinski definition) is 0. The molecule has 0 aromatic heterocycles. The molecule has 3 unspecified atom stereocenters. The first-order valence-electron chi connectivity index (χ1n) is 7.62. The summed E-state index contributed by atoms with van der Waals surface area (Å²) in [6.07, 6.45) is 15.0. The summed E-state index contributed by atoms with van der Waals surface area (Å²) in [5.74, 6) is 0.984. The minimum Gasteiger partial charge on any atom is -0.0692 e. The van der Waals surface area contributed by atoms with E-state index in [1.54, 1.807) is 0 Å². The molecule has 0 saturated heterocycles. The fraction of sp³-hybridized carbons (Fsp3) is 1.00. The summed E-state index contributed by atoms with van der Waals surface area (Å²) in [6.45, 7) is 4.97. The van der Waals surface area contributed by atoms with Gasteiger partial charge in [0.2, 0.25) is 0 Å². The van der Waals surface area contributed by atoms with Crippen LogP contribution in [0.5, 0.6) is 0 Å². The van der Waals surface area contributed by atoms with Crippen molar-refractivity contribution in [3.05, 3.63) is 0 Å². The van der Waals surface area contributed by atoms with E-state index >= 15 is 0 Å². The predicted octanol–water partition coefficient (Wildman–Crippen LogP) is 4.35. The van der Waals surface area contributed by atoms with Crippen molar-refractivity contribution in [1.29, 1.82) is 0 Å². The highest BCUT2D eigenvalue weighted by atomic mass is 14.5. The highest BCUT2D eigenvalue weighted by molar-refractivity contribution is 6.11. The van der Waals surface area contributed by atoms with E-state index in [1.165, 1.54) is 64.2 Å². The summed E-state index contributed by atoms with van der Waals surface area (Å²) in [7, 11) is 2.48. The van der Waals surface area contributed by atoms with Gasteiger partial charge in [0, 0.05) is 0 Å². The van der Waals surface area contributed by atoms with Crippen LogP contribution in [0.3, 0.4) is 0 Å². The topological polar surface area (TPSA) is 0 Å². The van der Waals surface area contributed by atoms with E-state index in [4.69, 9.17) is 0 Å². The Morgan fingerprint density at radius 3 is 2.69 bits per heavy atom. The fourth-order valence-corrected chi connectivity index (χ4v) is 4.75. The molecule has 2 aliphatic carbocycles. The molecule has 2 saturated carbocycles. The number of unbranched alkanes of at least 4 members (excludes halogenated alkanes) is 1. The molecule has 0 nitrogen and oxygen atoms in total. The number of rotatable bonds is 3. The first-order valence-corrected chi connectivity index (χ1v) is 7.62. The molecule has 0 aliphatic heterocycles. The predicted molar refractivity (Wildman–Crippen MR) is 74.7 cm³/mol. The molecule has 2 rings (SSSR count). The van der Waals surface area contributed by atoms with Crippen LogP contribution < -0.4 is 0 Å². The smallest absolute Gasteiger partial charge is 0.0692 e. The lowest BCUT2D eigenvalue weighted by Gasteiger charge is -2.57. The summed E-state index contributed by atoms with van der Waals surface area (Å²) in [4.78, 5) is 0. The van der Waals surface area contributed by atoms with Crippen LogP contribution in [-0.4, -0.2) is 7.85 Å². The molecule has 1 heteroatoms. The van der Waals surface area contributed by atoms with Crippen molar-refractivity contribution in [3.63, 3.8) is 0 Å². The van der Waals surface area contributed by atoms with E-state index in [9.17, 15) is 0 Å². The van der Waals surface area contributed by atoms with Gasteiger partial charge in [-0.1, -0.05) is 58.2 Å². The lowest BCUT2D eigenvalue weighted by atomic mass is 9.46. The van der Waals surface area contributed by atoms with Gasteiger partial charge < -0.3 is 0 Å². The molecular formula is C15H29B. The van der Waals surface area contributed by atoms with Crippen molar-refractivity contribution in [3.8, 4) is 0 Å². The summed E-state index contributed by atoms with van der Waals surface area (Å²) in [5.41, 5.74) is 1.44. The van der Waals surface area contributed by atoms with Crippen LogP contribution >= 0.6 is 0 Å². The zero-order valence-electron chi connectivity index (χ0n) is 11.6. The molecule has 0 aromatic rings. The lowest BCUT2D eigenvalue weighted by Crippen LogP contribution is -2.46. The van der Waals surface area contributed by atoms with Gasteiger partial charge in [-0.3, -0.25) is 0 Å². The van der Waals surface area contributed by atoms with Crippen molar-refractivity contribution in [2.45, 2.75) is 83.9 Å². The Labute approximate surface area is 103 Å².